The van der Waals surface area contributed by atoms with Crippen LogP contribution in [0.3, 0.4) is 0 Å². The van der Waals surface area contributed by atoms with E-state index in [1.807, 2.05) is 37.3 Å². The van der Waals surface area contributed by atoms with Crippen LogP contribution >= 0.6 is 12.2 Å². The molecule has 0 heterocycles. The standard InChI is InChI=1S/C27H29N3O3S/c1-4-19(2)33-24-15-13-21(14-16-24)25(31)29-27(34)28-23-12-8-11-22(17-23)26(32)30(3)18-20-9-6-5-7-10-20/h5-17,19H,4,18H2,1-3H3,(H2,28,29,31,34). The van der Waals surface area contributed by atoms with Gasteiger partial charge in [0.15, 0.2) is 5.11 Å². The Morgan fingerprint density at radius 1 is 0.971 bits per heavy atom. The second-order valence-electron chi connectivity index (χ2n) is 8.00. The van der Waals surface area contributed by atoms with E-state index in [4.69, 9.17) is 17.0 Å². The Morgan fingerprint density at radius 3 is 2.35 bits per heavy atom. The van der Waals surface area contributed by atoms with Crippen molar-refractivity contribution in [1.82, 2.24) is 10.2 Å². The minimum Gasteiger partial charge on any atom is -0.491 e. The first kappa shape index (κ1) is 24.9. The molecule has 0 fully saturated rings. The third kappa shape index (κ3) is 7.15. The summed E-state index contributed by atoms with van der Waals surface area (Å²) in [6, 6.07) is 23.7. The van der Waals surface area contributed by atoms with Gasteiger partial charge in [-0.15, -0.1) is 0 Å². The largest absolute Gasteiger partial charge is 0.491 e. The molecule has 0 aliphatic rings. The number of carbonyl (C=O) groups is 2. The summed E-state index contributed by atoms with van der Waals surface area (Å²) in [6.07, 6.45) is 1.01. The lowest BCUT2D eigenvalue weighted by Gasteiger charge is -2.18. The van der Waals surface area contributed by atoms with Crippen LogP contribution in [0.25, 0.3) is 0 Å². The van der Waals surface area contributed by atoms with Gasteiger partial charge in [0.1, 0.15) is 5.75 Å². The molecule has 34 heavy (non-hydrogen) atoms. The van der Waals surface area contributed by atoms with Crippen LogP contribution in [0.4, 0.5) is 5.69 Å². The predicted octanol–water partition coefficient (Wildman–Crippen LogP) is 5.26. The first-order valence-electron chi connectivity index (χ1n) is 11.1. The van der Waals surface area contributed by atoms with Gasteiger partial charge in [-0.2, -0.15) is 0 Å². The molecule has 0 bridgehead atoms. The fourth-order valence-electron chi connectivity index (χ4n) is 3.22. The molecule has 0 spiro atoms. The minimum absolute atomic E-state index is 0.109. The second kappa shape index (κ2) is 12.0. The van der Waals surface area contributed by atoms with Crippen LogP contribution in [-0.4, -0.2) is 35.0 Å². The third-order valence-electron chi connectivity index (χ3n) is 5.23. The molecule has 2 N–H and O–H groups in total. The van der Waals surface area contributed by atoms with E-state index < -0.39 is 0 Å². The molecule has 0 saturated carbocycles. The average Bonchev–Trinajstić information content (AvgIpc) is 2.84. The molecule has 0 radical (unpaired) electrons. The van der Waals surface area contributed by atoms with E-state index in [1.54, 1.807) is 60.5 Å². The Kier molecular flexibility index (Phi) is 8.76. The molecule has 3 aromatic carbocycles. The summed E-state index contributed by atoms with van der Waals surface area (Å²) in [6.45, 7) is 4.55. The molecule has 176 valence electrons. The van der Waals surface area contributed by atoms with Gasteiger partial charge in [0.25, 0.3) is 11.8 Å². The summed E-state index contributed by atoms with van der Waals surface area (Å²) in [5.74, 6) is 0.273. The molecule has 2 amide bonds. The van der Waals surface area contributed by atoms with Crippen molar-refractivity contribution in [1.29, 1.82) is 0 Å². The molecule has 7 heteroatoms. The highest BCUT2D eigenvalue weighted by Gasteiger charge is 2.14. The normalized spacial score (nSPS) is 11.3. The second-order valence-corrected chi connectivity index (χ2v) is 8.41. The van der Waals surface area contributed by atoms with Gasteiger partial charge in [-0.3, -0.25) is 14.9 Å². The van der Waals surface area contributed by atoms with Gasteiger partial charge in [-0.1, -0.05) is 43.3 Å². The summed E-state index contributed by atoms with van der Waals surface area (Å²) in [7, 11) is 1.76. The van der Waals surface area contributed by atoms with Crippen LogP contribution in [0.1, 0.15) is 46.5 Å². The van der Waals surface area contributed by atoms with E-state index in [0.717, 1.165) is 12.0 Å². The number of nitrogens with zero attached hydrogens (tertiary/aromatic N) is 1. The van der Waals surface area contributed by atoms with Crippen molar-refractivity contribution in [3.63, 3.8) is 0 Å². The SMILES string of the molecule is CCC(C)Oc1ccc(C(=O)NC(=S)Nc2cccc(C(=O)N(C)Cc3ccccc3)c2)cc1. The number of thiocarbonyl (C=S) groups is 1. The van der Waals surface area contributed by atoms with Crippen molar-refractivity contribution in [2.45, 2.75) is 32.9 Å². The first-order chi connectivity index (χ1) is 16.4. The van der Waals surface area contributed by atoms with Gasteiger partial charge in [0.2, 0.25) is 0 Å². The van der Waals surface area contributed by atoms with Crippen LogP contribution in [0.5, 0.6) is 5.75 Å². The van der Waals surface area contributed by atoms with Crippen molar-refractivity contribution in [2.24, 2.45) is 0 Å². The van der Waals surface area contributed by atoms with Gasteiger partial charge in [0.05, 0.1) is 6.10 Å². The van der Waals surface area contributed by atoms with Crippen LogP contribution in [0.15, 0.2) is 78.9 Å². The van der Waals surface area contributed by atoms with E-state index in [9.17, 15) is 9.59 Å². The lowest BCUT2D eigenvalue weighted by atomic mass is 10.1. The van der Waals surface area contributed by atoms with E-state index in [0.29, 0.717) is 29.1 Å². The van der Waals surface area contributed by atoms with E-state index >= 15 is 0 Å². The Hall–Kier alpha value is -3.71. The van der Waals surface area contributed by atoms with Crippen LogP contribution in [-0.2, 0) is 6.54 Å². The molecule has 0 aliphatic heterocycles. The van der Waals surface area contributed by atoms with Crippen molar-refractivity contribution in [3.05, 3.63) is 95.6 Å². The van der Waals surface area contributed by atoms with E-state index in [-0.39, 0.29) is 23.0 Å². The molecule has 0 saturated heterocycles. The molecular weight excluding hydrogens is 446 g/mol. The lowest BCUT2D eigenvalue weighted by molar-refractivity contribution is 0.0785. The summed E-state index contributed by atoms with van der Waals surface area (Å²) in [5, 5.41) is 5.79. The molecule has 3 aromatic rings. The summed E-state index contributed by atoms with van der Waals surface area (Å²) >= 11 is 5.29. The number of hydrogen-bond acceptors (Lipinski definition) is 4. The van der Waals surface area contributed by atoms with Gasteiger partial charge in [-0.25, -0.2) is 0 Å². The molecule has 1 atom stereocenters. The molecule has 0 aliphatic carbocycles. The van der Waals surface area contributed by atoms with Crippen LogP contribution < -0.4 is 15.4 Å². The Bertz CT molecular complexity index is 1130. The molecule has 0 aromatic heterocycles. The predicted molar refractivity (Wildman–Crippen MR) is 139 cm³/mol. The number of rotatable bonds is 8. The number of carbonyl (C=O) groups excluding carboxylic acids is 2. The molecule has 6 nitrogen and oxygen atoms in total. The van der Waals surface area contributed by atoms with Gasteiger partial charge < -0.3 is 15.0 Å². The Balaban J connectivity index is 1.57. The molecule has 3 rings (SSSR count). The van der Waals surface area contributed by atoms with Crippen LogP contribution in [0, 0.1) is 0 Å². The van der Waals surface area contributed by atoms with E-state index in [1.165, 1.54) is 0 Å². The molecular formula is C27H29N3O3S. The lowest BCUT2D eigenvalue weighted by Crippen LogP contribution is -2.34. The van der Waals surface area contributed by atoms with Crippen LogP contribution in [0.2, 0.25) is 0 Å². The average molecular weight is 476 g/mol. The summed E-state index contributed by atoms with van der Waals surface area (Å²) < 4.78 is 5.74. The number of hydrogen-bond donors (Lipinski definition) is 2. The van der Waals surface area contributed by atoms with Crippen molar-refractivity contribution in [3.8, 4) is 5.75 Å². The summed E-state index contributed by atoms with van der Waals surface area (Å²) in [4.78, 5) is 27.0. The van der Waals surface area contributed by atoms with Crippen molar-refractivity contribution in [2.75, 3.05) is 12.4 Å². The van der Waals surface area contributed by atoms with E-state index in [2.05, 4.69) is 17.6 Å². The highest BCUT2D eigenvalue weighted by atomic mass is 32.1. The van der Waals surface area contributed by atoms with Crippen molar-refractivity contribution >= 4 is 34.8 Å². The zero-order valence-corrected chi connectivity index (χ0v) is 20.4. The minimum atomic E-state index is -0.331. The van der Waals surface area contributed by atoms with Gasteiger partial charge in [0, 0.05) is 30.4 Å². The Labute approximate surface area is 205 Å². The monoisotopic (exact) mass is 475 g/mol. The van der Waals surface area contributed by atoms with Gasteiger partial charge in [-0.05, 0) is 73.6 Å². The zero-order chi connectivity index (χ0) is 24.5. The number of amides is 2. The topological polar surface area (TPSA) is 70.7 Å². The van der Waals surface area contributed by atoms with Crippen molar-refractivity contribution < 1.29 is 14.3 Å². The maximum absolute atomic E-state index is 12.8. The molecule has 1 unspecified atom stereocenters. The highest BCUT2D eigenvalue weighted by Crippen LogP contribution is 2.16. The first-order valence-corrected chi connectivity index (χ1v) is 11.5. The number of anilines is 1. The highest BCUT2D eigenvalue weighted by molar-refractivity contribution is 7.80. The summed E-state index contributed by atoms with van der Waals surface area (Å²) in [5.41, 5.74) is 2.65. The fourth-order valence-corrected chi connectivity index (χ4v) is 3.43. The third-order valence-corrected chi connectivity index (χ3v) is 5.44. The van der Waals surface area contributed by atoms with Gasteiger partial charge >= 0.3 is 0 Å². The Morgan fingerprint density at radius 2 is 1.68 bits per heavy atom. The number of benzene rings is 3. The fraction of sp³-hybridized carbons (Fsp3) is 0.222. The maximum Gasteiger partial charge on any atom is 0.257 e. The number of ether oxygens (including phenoxy) is 1. The maximum atomic E-state index is 12.8. The smallest absolute Gasteiger partial charge is 0.257 e. The quantitative estimate of drug-likeness (QED) is 0.435. The number of nitrogens with one attached hydrogen (secondary N) is 2. The zero-order valence-electron chi connectivity index (χ0n) is 19.6.